The summed E-state index contributed by atoms with van der Waals surface area (Å²) in [7, 11) is 0. The molecule has 3 aliphatic heterocycles. The molecule has 3 fully saturated rings. The molecule has 3 N–H and O–H groups in total. The van der Waals surface area contributed by atoms with Crippen LogP contribution in [0.5, 0.6) is 0 Å². The van der Waals surface area contributed by atoms with Gasteiger partial charge in [0.2, 0.25) is 17.8 Å². The number of rotatable bonds is 21. The molecule has 0 bridgehead atoms. The molecule has 0 aliphatic carbocycles. The van der Waals surface area contributed by atoms with Gasteiger partial charge in [-0.2, -0.15) is 15.0 Å². The standard InChI is InChI=1S/C63H99N9/c1-16-58(4,5)52(40-46-28-22-19-23-29-46)70(49-34-37-64-61(10,11)43-49)55-67-56(71(50-35-38-65-62(12,13)44-50)53(59(6,7)17-2)41-47-30-24-20-25-31-47)69-57(68-55)72(51-36-39-66-63(14,15)45-51)54(60(8,9)18-3)42-48-32-26-21-27-33-48/h19-33,49-54,64-66H,16-18,34-45H2,1-15H3. The second-order valence-electron chi connectivity index (χ2n) is 26.5. The first-order chi connectivity index (χ1) is 34.0. The van der Waals surface area contributed by atoms with Crippen molar-refractivity contribution in [2.24, 2.45) is 16.2 Å². The van der Waals surface area contributed by atoms with Gasteiger partial charge in [0.05, 0.1) is 0 Å². The van der Waals surface area contributed by atoms with Gasteiger partial charge in [-0.25, -0.2) is 0 Å². The number of piperidine rings is 3. The molecule has 396 valence electrons. The minimum absolute atomic E-state index is 0.0508. The molecule has 72 heavy (non-hydrogen) atoms. The van der Waals surface area contributed by atoms with Crippen LogP contribution < -0.4 is 30.7 Å². The van der Waals surface area contributed by atoms with E-state index in [9.17, 15) is 0 Å². The maximum Gasteiger partial charge on any atom is 0.232 e. The third-order valence-corrected chi connectivity index (χ3v) is 18.2. The number of benzene rings is 3. The summed E-state index contributed by atoms with van der Waals surface area (Å²) in [6.07, 6.45) is 11.8. The first-order valence-electron chi connectivity index (χ1n) is 28.4. The van der Waals surface area contributed by atoms with Crippen LogP contribution in [0, 0.1) is 16.2 Å². The van der Waals surface area contributed by atoms with Crippen LogP contribution in [0.25, 0.3) is 0 Å². The number of anilines is 3. The zero-order valence-electron chi connectivity index (χ0n) is 47.9. The highest BCUT2D eigenvalue weighted by atomic mass is 15.4. The van der Waals surface area contributed by atoms with Gasteiger partial charge >= 0.3 is 0 Å². The summed E-state index contributed by atoms with van der Waals surface area (Å²) in [5.41, 5.74) is 3.69. The second kappa shape index (κ2) is 22.8. The van der Waals surface area contributed by atoms with E-state index in [2.05, 4.69) is 226 Å². The van der Waals surface area contributed by atoms with Gasteiger partial charge in [-0.05, 0) is 171 Å². The van der Waals surface area contributed by atoms with Gasteiger partial charge < -0.3 is 30.7 Å². The van der Waals surface area contributed by atoms with Crippen molar-refractivity contribution in [1.82, 2.24) is 30.9 Å². The molecule has 0 amide bonds. The summed E-state index contributed by atoms with van der Waals surface area (Å²) in [5.74, 6) is 2.53. The summed E-state index contributed by atoms with van der Waals surface area (Å²) in [6.45, 7) is 39.3. The molecular weight excluding hydrogens is 883 g/mol. The zero-order chi connectivity index (χ0) is 52.1. The largest absolute Gasteiger partial charge is 0.334 e. The molecule has 6 unspecified atom stereocenters. The van der Waals surface area contributed by atoms with E-state index in [1.807, 2.05) is 0 Å². The van der Waals surface area contributed by atoms with E-state index in [-0.39, 0.29) is 69.1 Å². The molecule has 9 nitrogen and oxygen atoms in total. The SMILES string of the molecule is CCC(C)(C)C(Cc1ccccc1)N(c1nc(N(C2CCNC(C)(C)C2)C(Cc2ccccc2)C(C)(C)CC)nc(N(C2CCNC(C)(C)C2)C(Cc2ccccc2)C(C)(C)CC)n1)C1CCNC(C)(C)C1. The molecule has 1 aromatic heterocycles. The number of aromatic nitrogens is 3. The highest BCUT2D eigenvalue weighted by molar-refractivity contribution is 5.52. The quantitative estimate of drug-likeness (QED) is 0.0756. The van der Waals surface area contributed by atoms with Crippen molar-refractivity contribution in [3.05, 3.63) is 108 Å². The average molecular weight is 983 g/mol. The third kappa shape index (κ3) is 13.6. The number of nitrogens with zero attached hydrogens (tertiary/aromatic N) is 6. The van der Waals surface area contributed by atoms with Crippen molar-refractivity contribution in [1.29, 1.82) is 0 Å². The Morgan fingerprint density at radius 1 is 0.431 bits per heavy atom. The van der Waals surface area contributed by atoms with Crippen molar-refractivity contribution in [3.63, 3.8) is 0 Å². The molecule has 7 rings (SSSR count). The lowest BCUT2D eigenvalue weighted by atomic mass is 9.76. The molecule has 3 saturated heterocycles. The van der Waals surface area contributed by atoms with E-state index in [1.54, 1.807) is 0 Å². The van der Waals surface area contributed by atoms with Gasteiger partial charge in [0.15, 0.2) is 0 Å². The lowest BCUT2D eigenvalue weighted by molar-refractivity contribution is 0.198. The summed E-state index contributed by atoms with van der Waals surface area (Å²) in [4.78, 5) is 26.7. The lowest BCUT2D eigenvalue weighted by Gasteiger charge is -2.52. The first-order valence-corrected chi connectivity index (χ1v) is 28.4. The van der Waals surface area contributed by atoms with Crippen molar-refractivity contribution in [3.8, 4) is 0 Å². The minimum atomic E-state index is -0.0740. The molecule has 0 saturated carbocycles. The monoisotopic (exact) mass is 982 g/mol. The number of hydrogen-bond acceptors (Lipinski definition) is 9. The van der Waals surface area contributed by atoms with Gasteiger partial charge in [-0.3, -0.25) is 0 Å². The van der Waals surface area contributed by atoms with Crippen LogP contribution in [0.1, 0.15) is 178 Å². The Labute approximate surface area is 439 Å². The Morgan fingerprint density at radius 3 is 0.875 bits per heavy atom. The van der Waals surface area contributed by atoms with E-state index < -0.39 is 0 Å². The lowest BCUT2D eigenvalue weighted by Crippen LogP contribution is -2.61. The predicted molar refractivity (Wildman–Crippen MR) is 307 cm³/mol. The van der Waals surface area contributed by atoms with Gasteiger partial charge in [-0.1, -0.05) is 153 Å². The van der Waals surface area contributed by atoms with Crippen LogP contribution in [-0.2, 0) is 19.3 Å². The Hall–Kier alpha value is -4.05. The number of hydrogen-bond donors (Lipinski definition) is 3. The van der Waals surface area contributed by atoms with Crippen LogP contribution in [0.3, 0.4) is 0 Å². The van der Waals surface area contributed by atoms with Crippen molar-refractivity contribution >= 4 is 17.8 Å². The van der Waals surface area contributed by atoms with Gasteiger partial charge in [-0.15, -0.1) is 0 Å². The minimum Gasteiger partial charge on any atom is -0.334 e. The van der Waals surface area contributed by atoms with E-state index in [0.717, 1.165) is 115 Å². The van der Waals surface area contributed by atoms with Crippen molar-refractivity contribution in [2.45, 2.75) is 234 Å². The van der Waals surface area contributed by atoms with Crippen molar-refractivity contribution < 1.29 is 0 Å². The average Bonchev–Trinajstić information content (AvgIpc) is 3.33. The highest BCUT2D eigenvalue weighted by Gasteiger charge is 2.47. The normalized spacial score (nSPS) is 22.6. The Bertz CT molecular complexity index is 2020. The molecule has 3 aliphatic rings. The fourth-order valence-electron chi connectivity index (χ4n) is 12.6. The molecule has 0 spiro atoms. The number of nitrogens with one attached hydrogen (secondary N) is 3. The third-order valence-electron chi connectivity index (χ3n) is 18.2. The molecule has 3 aromatic carbocycles. The Balaban J connectivity index is 1.60. The fourth-order valence-corrected chi connectivity index (χ4v) is 12.6. The molecule has 6 atom stereocenters. The van der Waals surface area contributed by atoms with Gasteiger partial charge in [0, 0.05) is 52.9 Å². The topological polar surface area (TPSA) is 84.5 Å². The highest BCUT2D eigenvalue weighted by Crippen LogP contribution is 2.44. The maximum absolute atomic E-state index is 6.13. The Morgan fingerprint density at radius 2 is 0.667 bits per heavy atom. The molecule has 4 heterocycles. The molecule has 4 aromatic rings. The van der Waals surface area contributed by atoms with Gasteiger partial charge in [0.25, 0.3) is 0 Å². The van der Waals surface area contributed by atoms with Gasteiger partial charge in [0.1, 0.15) is 0 Å². The molecular formula is C63H99N9. The van der Waals surface area contributed by atoms with E-state index in [4.69, 9.17) is 15.0 Å². The zero-order valence-corrected chi connectivity index (χ0v) is 47.9. The van der Waals surface area contributed by atoms with Crippen LogP contribution >= 0.6 is 0 Å². The first kappa shape index (κ1) is 55.7. The summed E-state index contributed by atoms with van der Waals surface area (Å²) < 4.78 is 0. The second-order valence-corrected chi connectivity index (χ2v) is 26.5. The van der Waals surface area contributed by atoms with Crippen LogP contribution in [0.2, 0.25) is 0 Å². The van der Waals surface area contributed by atoms with Crippen LogP contribution in [0.15, 0.2) is 91.0 Å². The maximum atomic E-state index is 6.13. The van der Waals surface area contributed by atoms with E-state index in [0.29, 0.717) is 0 Å². The predicted octanol–water partition coefficient (Wildman–Crippen LogP) is 13.0. The summed E-state index contributed by atoms with van der Waals surface area (Å²) in [5, 5.41) is 11.7. The summed E-state index contributed by atoms with van der Waals surface area (Å²) in [6, 6.07) is 34.7. The molecule has 0 radical (unpaired) electrons. The van der Waals surface area contributed by atoms with E-state index in [1.165, 1.54) is 16.7 Å². The van der Waals surface area contributed by atoms with E-state index >= 15 is 0 Å². The smallest absolute Gasteiger partial charge is 0.232 e. The molecule has 9 heteroatoms. The Kier molecular flexibility index (Phi) is 17.7. The summed E-state index contributed by atoms with van der Waals surface area (Å²) >= 11 is 0. The fraction of sp³-hybridized carbons (Fsp3) is 0.667. The van der Waals surface area contributed by atoms with Crippen molar-refractivity contribution in [2.75, 3.05) is 34.3 Å². The van der Waals surface area contributed by atoms with Crippen LogP contribution in [0.4, 0.5) is 17.8 Å². The van der Waals surface area contributed by atoms with Crippen LogP contribution in [-0.4, -0.2) is 87.5 Å².